The molecule has 2 amide bonds. The number of rotatable bonds is 3. The van der Waals surface area contributed by atoms with Crippen molar-refractivity contribution < 1.29 is 24.0 Å². The lowest BCUT2D eigenvalue weighted by molar-refractivity contribution is -0.385. The number of hydrazine groups is 1. The summed E-state index contributed by atoms with van der Waals surface area (Å²) in [6.07, 6.45) is 1.16. The maximum atomic E-state index is 12.7. The van der Waals surface area contributed by atoms with Gasteiger partial charge in [0, 0.05) is 5.02 Å². The van der Waals surface area contributed by atoms with Crippen LogP contribution in [-0.4, -0.2) is 23.5 Å². The fourth-order valence-corrected chi connectivity index (χ4v) is 3.01. The number of nitrogens with one attached hydrogen (secondary N) is 1. The summed E-state index contributed by atoms with van der Waals surface area (Å²) >= 11 is 6.09. The lowest BCUT2D eigenvalue weighted by atomic mass is 10.1. The van der Waals surface area contributed by atoms with Crippen LogP contribution in [0.1, 0.15) is 11.1 Å². The highest BCUT2D eigenvalue weighted by Crippen LogP contribution is 2.39. The van der Waals surface area contributed by atoms with Crippen molar-refractivity contribution in [2.45, 2.75) is 6.92 Å². The number of anilines is 1. The van der Waals surface area contributed by atoms with Gasteiger partial charge in [-0.3, -0.25) is 25.1 Å². The molecule has 1 N–H and O–H groups in total. The summed E-state index contributed by atoms with van der Waals surface area (Å²) in [5, 5.41) is 12.9. The molecule has 10 heteroatoms. The van der Waals surface area contributed by atoms with Crippen LogP contribution < -0.4 is 19.9 Å². The second-order valence-corrected chi connectivity index (χ2v) is 6.50. The average Bonchev–Trinajstić information content (AvgIpc) is 3.22. The number of benzene rings is 2. The fraction of sp³-hybridized carbons (Fsp3) is 0.111. The van der Waals surface area contributed by atoms with Gasteiger partial charge in [-0.05, 0) is 36.8 Å². The lowest BCUT2D eigenvalue weighted by Crippen LogP contribution is -2.35. The van der Waals surface area contributed by atoms with Crippen molar-refractivity contribution in [1.29, 1.82) is 0 Å². The molecule has 142 valence electrons. The molecule has 4 rings (SSSR count). The molecule has 0 saturated carbocycles. The van der Waals surface area contributed by atoms with E-state index in [0.717, 1.165) is 16.6 Å². The third kappa shape index (κ3) is 2.91. The second kappa shape index (κ2) is 6.54. The van der Waals surface area contributed by atoms with Gasteiger partial charge in [-0.15, -0.1) is 0 Å². The molecule has 0 bridgehead atoms. The van der Waals surface area contributed by atoms with Gasteiger partial charge in [0.15, 0.2) is 11.5 Å². The first-order valence-corrected chi connectivity index (χ1v) is 8.44. The predicted molar refractivity (Wildman–Crippen MR) is 99.0 cm³/mol. The standard InChI is InChI=1S/C18H12ClN3O6/c1-9-2-3-11(6-13(9)19)21-18(24)12(17(23)20-21)4-10-5-15-16(28-8-27-15)7-14(10)22(25)26/h2-7H,8H2,1H3,(H,20,23). The Morgan fingerprint density at radius 3 is 2.61 bits per heavy atom. The van der Waals surface area contributed by atoms with E-state index in [2.05, 4.69) is 5.43 Å². The Labute approximate surface area is 163 Å². The molecule has 2 aromatic carbocycles. The normalized spacial score (nSPS) is 16.6. The summed E-state index contributed by atoms with van der Waals surface area (Å²) in [5.41, 5.74) is 3.11. The number of hydrogen-bond acceptors (Lipinski definition) is 6. The fourth-order valence-electron chi connectivity index (χ4n) is 2.84. The quantitative estimate of drug-likeness (QED) is 0.366. The van der Waals surface area contributed by atoms with E-state index in [1.807, 2.05) is 0 Å². The van der Waals surface area contributed by atoms with Crippen LogP contribution in [-0.2, 0) is 9.59 Å². The molecule has 1 saturated heterocycles. The van der Waals surface area contributed by atoms with Gasteiger partial charge in [0.25, 0.3) is 17.5 Å². The predicted octanol–water partition coefficient (Wildman–Crippen LogP) is 2.75. The summed E-state index contributed by atoms with van der Waals surface area (Å²) < 4.78 is 10.4. The molecule has 9 nitrogen and oxygen atoms in total. The third-order valence-corrected chi connectivity index (χ3v) is 4.73. The number of hydrogen-bond donors (Lipinski definition) is 1. The van der Waals surface area contributed by atoms with Gasteiger partial charge in [-0.25, -0.2) is 5.01 Å². The number of aryl methyl sites for hydroxylation is 1. The first-order chi connectivity index (χ1) is 13.3. The minimum Gasteiger partial charge on any atom is -0.454 e. The second-order valence-electron chi connectivity index (χ2n) is 6.09. The third-order valence-electron chi connectivity index (χ3n) is 4.32. The minimum absolute atomic E-state index is 0.0524. The first kappa shape index (κ1) is 17.8. The van der Waals surface area contributed by atoms with Crippen LogP contribution in [0.2, 0.25) is 5.02 Å². The van der Waals surface area contributed by atoms with Gasteiger partial charge >= 0.3 is 0 Å². The van der Waals surface area contributed by atoms with Crippen LogP contribution in [0, 0.1) is 17.0 Å². The van der Waals surface area contributed by atoms with Crippen LogP contribution >= 0.6 is 11.6 Å². The van der Waals surface area contributed by atoms with Gasteiger partial charge in [-0.1, -0.05) is 17.7 Å². The molecule has 1 fully saturated rings. The minimum atomic E-state index is -0.686. The molecule has 0 spiro atoms. The number of amides is 2. The van der Waals surface area contributed by atoms with Gasteiger partial charge in [0.2, 0.25) is 6.79 Å². The Morgan fingerprint density at radius 1 is 1.21 bits per heavy atom. The largest absolute Gasteiger partial charge is 0.454 e. The van der Waals surface area contributed by atoms with Crippen LogP contribution in [0.25, 0.3) is 6.08 Å². The smallest absolute Gasteiger partial charge is 0.282 e. The van der Waals surface area contributed by atoms with Crippen molar-refractivity contribution in [3.8, 4) is 11.5 Å². The van der Waals surface area contributed by atoms with Gasteiger partial charge in [-0.2, -0.15) is 0 Å². The molecule has 0 atom stereocenters. The average molecular weight is 402 g/mol. The van der Waals surface area contributed by atoms with E-state index in [1.54, 1.807) is 25.1 Å². The zero-order valence-electron chi connectivity index (χ0n) is 14.4. The molecular weight excluding hydrogens is 390 g/mol. The number of halogens is 1. The molecule has 2 heterocycles. The zero-order valence-corrected chi connectivity index (χ0v) is 15.1. The zero-order chi connectivity index (χ0) is 20.0. The van der Waals surface area contributed by atoms with Gasteiger partial charge < -0.3 is 9.47 Å². The molecular formula is C18H12ClN3O6. The number of ether oxygens (including phenoxy) is 2. The summed E-state index contributed by atoms with van der Waals surface area (Å²) in [4.78, 5) is 35.8. The highest BCUT2D eigenvalue weighted by molar-refractivity contribution is 6.33. The first-order valence-electron chi connectivity index (χ1n) is 8.06. The van der Waals surface area contributed by atoms with Crippen LogP contribution in [0.15, 0.2) is 35.9 Å². The van der Waals surface area contributed by atoms with Crippen molar-refractivity contribution in [3.05, 3.63) is 62.2 Å². The number of nitrogens with zero attached hydrogens (tertiary/aromatic N) is 2. The number of carbonyl (C=O) groups is 2. The SMILES string of the molecule is Cc1ccc(N2NC(=O)C(=Cc3cc4c(cc3[N+](=O)[O-])OCO4)C2=O)cc1Cl. The number of carbonyl (C=O) groups excluding carboxylic acids is 2. The van der Waals surface area contributed by atoms with Crippen molar-refractivity contribution in [2.75, 3.05) is 11.8 Å². The monoisotopic (exact) mass is 401 g/mol. The van der Waals surface area contributed by atoms with Crippen molar-refractivity contribution >= 4 is 40.9 Å². The maximum absolute atomic E-state index is 12.7. The Bertz CT molecular complexity index is 1080. The van der Waals surface area contributed by atoms with E-state index < -0.39 is 16.7 Å². The van der Waals surface area contributed by atoms with Crippen LogP contribution in [0.4, 0.5) is 11.4 Å². The molecule has 28 heavy (non-hydrogen) atoms. The topological polar surface area (TPSA) is 111 Å². The Balaban J connectivity index is 1.74. The number of nitro benzene ring substituents is 1. The summed E-state index contributed by atoms with van der Waals surface area (Å²) in [6, 6.07) is 7.44. The van der Waals surface area contributed by atoms with E-state index in [-0.39, 0.29) is 29.4 Å². The molecule has 2 aromatic rings. The molecule has 0 radical (unpaired) electrons. The van der Waals surface area contributed by atoms with Crippen molar-refractivity contribution in [3.63, 3.8) is 0 Å². The molecule has 0 aromatic heterocycles. The number of fused-ring (bicyclic) bond motifs is 1. The highest BCUT2D eigenvalue weighted by atomic mass is 35.5. The molecule has 0 unspecified atom stereocenters. The van der Waals surface area contributed by atoms with Gasteiger partial charge in [0.1, 0.15) is 5.57 Å². The molecule has 2 aliphatic rings. The molecule has 2 aliphatic heterocycles. The highest BCUT2D eigenvalue weighted by Gasteiger charge is 2.35. The summed E-state index contributed by atoms with van der Waals surface area (Å²) in [5.74, 6) is -0.817. The van der Waals surface area contributed by atoms with Gasteiger partial charge in [0.05, 0.1) is 22.2 Å². The van der Waals surface area contributed by atoms with E-state index >= 15 is 0 Å². The van der Waals surface area contributed by atoms with Crippen LogP contribution in [0.5, 0.6) is 11.5 Å². The lowest BCUT2D eigenvalue weighted by Gasteiger charge is -2.15. The summed E-state index contributed by atoms with van der Waals surface area (Å²) in [7, 11) is 0. The summed E-state index contributed by atoms with van der Waals surface area (Å²) in [6.45, 7) is 1.74. The number of nitro groups is 1. The van der Waals surface area contributed by atoms with Crippen molar-refractivity contribution in [2.24, 2.45) is 0 Å². The Morgan fingerprint density at radius 2 is 1.93 bits per heavy atom. The maximum Gasteiger partial charge on any atom is 0.282 e. The van der Waals surface area contributed by atoms with E-state index in [0.29, 0.717) is 16.5 Å². The Kier molecular flexibility index (Phi) is 4.16. The van der Waals surface area contributed by atoms with Crippen LogP contribution in [0.3, 0.4) is 0 Å². The molecule has 0 aliphatic carbocycles. The van der Waals surface area contributed by atoms with E-state index in [1.165, 1.54) is 12.1 Å². The van der Waals surface area contributed by atoms with E-state index in [9.17, 15) is 19.7 Å². The Hall–Kier alpha value is -3.59. The van der Waals surface area contributed by atoms with E-state index in [4.69, 9.17) is 21.1 Å². The van der Waals surface area contributed by atoms with Crippen molar-refractivity contribution in [1.82, 2.24) is 5.43 Å².